The number of aryl methyl sites for hydroxylation is 2. The summed E-state index contributed by atoms with van der Waals surface area (Å²) in [4.78, 5) is 27.9. The summed E-state index contributed by atoms with van der Waals surface area (Å²) in [6, 6.07) is 11.6. The molecule has 0 aliphatic rings. The molecule has 0 spiro atoms. The van der Waals surface area contributed by atoms with Crippen molar-refractivity contribution in [3.05, 3.63) is 64.2 Å². The Labute approximate surface area is 208 Å². The number of nitrogens with zero attached hydrogens (tertiary/aromatic N) is 2. The zero-order chi connectivity index (χ0) is 25.8. The van der Waals surface area contributed by atoms with E-state index in [1.54, 1.807) is 44.2 Å². The molecule has 1 N–H and O–H groups in total. The van der Waals surface area contributed by atoms with Crippen LogP contribution in [-0.4, -0.2) is 49.5 Å². The van der Waals surface area contributed by atoms with E-state index in [2.05, 4.69) is 5.32 Å². The average Bonchev–Trinajstić information content (AvgIpc) is 2.70. The number of sulfonamides is 1. The Kier molecular flexibility index (Phi) is 8.77. The highest BCUT2D eigenvalue weighted by molar-refractivity contribution is 7.92. The van der Waals surface area contributed by atoms with Crippen LogP contribution < -0.4 is 9.62 Å². The van der Waals surface area contributed by atoms with E-state index < -0.39 is 34.1 Å². The van der Waals surface area contributed by atoms with Crippen molar-refractivity contribution in [2.45, 2.75) is 59.7 Å². The normalized spacial score (nSPS) is 12.7. The molecule has 0 aliphatic heterocycles. The molecule has 1 atom stereocenters. The van der Waals surface area contributed by atoms with Crippen molar-refractivity contribution < 1.29 is 18.0 Å². The number of hydrogen-bond acceptors (Lipinski definition) is 4. The Morgan fingerprint density at radius 2 is 1.65 bits per heavy atom. The minimum atomic E-state index is -3.77. The first-order chi connectivity index (χ1) is 15.6. The number of anilines is 1. The van der Waals surface area contributed by atoms with Crippen LogP contribution in [0.4, 0.5) is 5.69 Å². The van der Waals surface area contributed by atoms with Crippen LogP contribution in [0.1, 0.15) is 44.4 Å². The van der Waals surface area contributed by atoms with E-state index in [0.29, 0.717) is 10.7 Å². The van der Waals surface area contributed by atoms with Gasteiger partial charge in [0.2, 0.25) is 21.8 Å². The molecule has 2 aromatic rings. The summed E-state index contributed by atoms with van der Waals surface area (Å²) in [6.07, 6.45) is 1.07. The number of amides is 2. The highest BCUT2D eigenvalue weighted by Gasteiger charge is 2.31. The molecular formula is C25H34ClN3O4S. The highest BCUT2D eigenvalue weighted by Crippen LogP contribution is 2.25. The van der Waals surface area contributed by atoms with Crippen molar-refractivity contribution in [2.75, 3.05) is 17.1 Å². The van der Waals surface area contributed by atoms with Crippen molar-refractivity contribution in [1.82, 2.24) is 10.2 Å². The predicted molar refractivity (Wildman–Crippen MR) is 137 cm³/mol. The van der Waals surface area contributed by atoms with Crippen molar-refractivity contribution in [3.8, 4) is 0 Å². The first kappa shape index (κ1) is 27.7. The van der Waals surface area contributed by atoms with Gasteiger partial charge in [-0.3, -0.25) is 13.9 Å². The fourth-order valence-electron chi connectivity index (χ4n) is 3.43. The van der Waals surface area contributed by atoms with Crippen LogP contribution in [0, 0.1) is 13.8 Å². The lowest BCUT2D eigenvalue weighted by Crippen LogP contribution is -2.54. The summed E-state index contributed by atoms with van der Waals surface area (Å²) in [5.74, 6) is -0.815. The lowest BCUT2D eigenvalue weighted by Gasteiger charge is -2.33. The molecule has 0 saturated heterocycles. The third-order valence-corrected chi connectivity index (χ3v) is 6.62. The fourth-order valence-corrected chi connectivity index (χ4v) is 4.45. The molecule has 0 fully saturated rings. The summed E-state index contributed by atoms with van der Waals surface area (Å²) in [5.41, 5.74) is 2.32. The van der Waals surface area contributed by atoms with Crippen molar-refractivity contribution in [3.63, 3.8) is 0 Å². The summed E-state index contributed by atoms with van der Waals surface area (Å²) in [6.45, 7) is 10.6. The number of rotatable bonds is 8. The minimum Gasteiger partial charge on any atom is -0.350 e. The first-order valence-electron chi connectivity index (χ1n) is 11.0. The number of halogens is 1. The molecule has 7 nitrogen and oxygen atoms in total. The van der Waals surface area contributed by atoms with E-state index in [4.69, 9.17) is 11.6 Å². The van der Waals surface area contributed by atoms with Gasteiger partial charge in [-0.05, 0) is 76.4 Å². The number of carbonyl (C=O) groups is 2. The quantitative estimate of drug-likeness (QED) is 0.583. The molecule has 0 aromatic heterocycles. The Balaban J connectivity index is 2.44. The molecule has 2 rings (SSSR count). The summed E-state index contributed by atoms with van der Waals surface area (Å²) in [7, 11) is -3.77. The van der Waals surface area contributed by atoms with Gasteiger partial charge in [-0.1, -0.05) is 35.9 Å². The van der Waals surface area contributed by atoms with Gasteiger partial charge in [-0.15, -0.1) is 0 Å². The Hall–Kier alpha value is -2.58. The van der Waals surface area contributed by atoms with Crippen molar-refractivity contribution in [1.29, 1.82) is 0 Å². The second-order valence-electron chi connectivity index (χ2n) is 9.62. The van der Waals surface area contributed by atoms with Gasteiger partial charge in [0, 0.05) is 17.1 Å². The van der Waals surface area contributed by atoms with Gasteiger partial charge in [0.25, 0.3) is 0 Å². The SMILES string of the molecule is Cc1ccc(C)c(N(CC(=O)N(Cc2ccc(Cl)cc2)[C@@H](C)C(=O)NC(C)(C)C)S(C)(=O)=O)c1. The predicted octanol–water partition coefficient (Wildman–Crippen LogP) is 4.05. The van der Waals surface area contributed by atoms with E-state index in [1.165, 1.54) is 4.90 Å². The third kappa shape index (κ3) is 7.74. The van der Waals surface area contributed by atoms with Crippen LogP contribution in [0.25, 0.3) is 0 Å². The van der Waals surface area contributed by atoms with Gasteiger partial charge in [0.15, 0.2) is 0 Å². The van der Waals surface area contributed by atoms with Crippen molar-refractivity contribution >= 4 is 39.1 Å². The van der Waals surface area contributed by atoms with Gasteiger partial charge in [0.05, 0.1) is 11.9 Å². The van der Waals surface area contributed by atoms with Gasteiger partial charge >= 0.3 is 0 Å². The number of benzene rings is 2. The largest absolute Gasteiger partial charge is 0.350 e. The molecule has 0 bridgehead atoms. The highest BCUT2D eigenvalue weighted by atomic mass is 35.5. The molecule has 2 aromatic carbocycles. The summed E-state index contributed by atoms with van der Waals surface area (Å²) in [5, 5.41) is 3.45. The topological polar surface area (TPSA) is 86.8 Å². The standard InChI is InChI=1S/C25H34ClN3O4S/c1-17-8-9-18(2)22(14-17)29(34(7,32)33)16-23(30)28(15-20-10-12-21(26)13-11-20)19(3)24(31)27-25(4,5)6/h8-14,19H,15-16H2,1-7H3,(H,27,31)/t19-/m0/s1. The lowest BCUT2D eigenvalue weighted by molar-refractivity contribution is -0.140. The molecule has 0 heterocycles. The van der Waals surface area contributed by atoms with Gasteiger partial charge in [0.1, 0.15) is 12.6 Å². The molecule has 0 unspecified atom stereocenters. The molecule has 0 aliphatic carbocycles. The van der Waals surface area contributed by atoms with Gasteiger partial charge in [-0.25, -0.2) is 8.42 Å². The van der Waals surface area contributed by atoms with E-state index in [0.717, 1.165) is 27.3 Å². The summed E-state index contributed by atoms with van der Waals surface area (Å²) >= 11 is 5.99. The summed E-state index contributed by atoms with van der Waals surface area (Å²) < 4.78 is 26.5. The van der Waals surface area contributed by atoms with E-state index >= 15 is 0 Å². The molecular weight excluding hydrogens is 474 g/mol. The number of hydrogen-bond donors (Lipinski definition) is 1. The molecule has 0 radical (unpaired) electrons. The van der Waals surface area contributed by atoms with E-state index in [1.807, 2.05) is 39.8 Å². The van der Waals surface area contributed by atoms with E-state index in [-0.39, 0.29) is 12.5 Å². The minimum absolute atomic E-state index is 0.124. The second kappa shape index (κ2) is 10.8. The molecule has 2 amide bonds. The zero-order valence-corrected chi connectivity index (χ0v) is 22.4. The van der Waals surface area contributed by atoms with Gasteiger partial charge in [-0.2, -0.15) is 0 Å². The van der Waals surface area contributed by atoms with Crippen molar-refractivity contribution in [2.24, 2.45) is 0 Å². The average molecular weight is 508 g/mol. The van der Waals surface area contributed by atoms with Gasteiger partial charge < -0.3 is 10.2 Å². The van der Waals surface area contributed by atoms with Crippen LogP contribution >= 0.6 is 11.6 Å². The Morgan fingerprint density at radius 1 is 1.06 bits per heavy atom. The fraction of sp³-hybridized carbons (Fsp3) is 0.440. The van der Waals surface area contributed by atoms with Crippen LogP contribution in [0.5, 0.6) is 0 Å². The molecule has 34 heavy (non-hydrogen) atoms. The number of carbonyl (C=O) groups excluding carboxylic acids is 2. The second-order valence-corrected chi connectivity index (χ2v) is 12.0. The maximum absolute atomic E-state index is 13.6. The van der Waals surface area contributed by atoms with Crippen LogP contribution in [0.3, 0.4) is 0 Å². The van der Waals surface area contributed by atoms with E-state index in [9.17, 15) is 18.0 Å². The number of nitrogens with one attached hydrogen (secondary N) is 1. The third-order valence-electron chi connectivity index (χ3n) is 5.24. The zero-order valence-electron chi connectivity index (χ0n) is 20.8. The smallest absolute Gasteiger partial charge is 0.244 e. The first-order valence-corrected chi connectivity index (χ1v) is 13.2. The Bertz CT molecular complexity index is 1140. The van der Waals surface area contributed by atoms with Crippen LogP contribution in [0.2, 0.25) is 5.02 Å². The van der Waals surface area contributed by atoms with Crippen LogP contribution in [-0.2, 0) is 26.2 Å². The molecule has 186 valence electrons. The maximum Gasteiger partial charge on any atom is 0.244 e. The maximum atomic E-state index is 13.6. The molecule has 9 heteroatoms. The lowest BCUT2D eigenvalue weighted by atomic mass is 10.1. The van der Waals surface area contributed by atoms with Crippen LogP contribution in [0.15, 0.2) is 42.5 Å². The monoisotopic (exact) mass is 507 g/mol. The molecule has 0 saturated carbocycles. The Morgan fingerprint density at radius 3 is 2.18 bits per heavy atom.